The minimum absolute atomic E-state index is 0.133. The maximum Gasteiger partial charge on any atom is 0.104 e. The molecule has 2 heteroatoms. The first-order valence-electron chi connectivity index (χ1n) is 6.62. The van der Waals surface area contributed by atoms with E-state index < -0.39 is 5.60 Å². The zero-order chi connectivity index (χ0) is 12.5. The van der Waals surface area contributed by atoms with Crippen LogP contribution in [0.15, 0.2) is 18.2 Å². The molecule has 0 saturated heterocycles. The second-order valence-corrected chi connectivity index (χ2v) is 5.47. The fourth-order valence-electron chi connectivity index (χ4n) is 2.69. The van der Waals surface area contributed by atoms with E-state index in [0.29, 0.717) is 0 Å². The summed E-state index contributed by atoms with van der Waals surface area (Å²) in [4.78, 5) is 0. The Morgan fingerprint density at radius 2 is 1.88 bits per heavy atom. The lowest BCUT2D eigenvalue weighted by Crippen LogP contribution is -2.40. The largest absolute Gasteiger partial charge is 0.384 e. The molecule has 94 valence electrons. The van der Waals surface area contributed by atoms with Crippen molar-refractivity contribution in [1.29, 1.82) is 0 Å². The van der Waals surface area contributed by atoms with Gasteiger partial charge in [0.25, 0.3) is 0 Å². The monoisotopic (exact) mass is 233 g/mol. The van der Waals surface area contributed by atoms with Crippen LogP contribution in [0.2, 0.25) is 0 Å². The minimum Gasteiger partial charge on any atom is -0.384 e. The molecular formula is C15H23NO. The van der Waals surface area contributed by atoms with Crippen LogP contribution in [0.4, 0.5) is 0 Å². The van der Waals surface area contributed by atoms with Gasteiger partial charge in [-0.15, -0.1) is 0 Å². The van der Waals surface area contributed by atoms with Crippen molar-refractivity contribution in [2.75, 3.05) is 6.54 Å². The summed E-state index contributed by atoms with van der Waals surface area (Å²) in [6.07, 6.45) is 4.87. The van der Waals surface area contributed by atoms with Crippen molar-refractivity contribution in [2.24, 2.45) is 11.7 Å². The zero-order valence-electron chi connectivity index (χ0n) is 10.9. The van der Waals surface area contributed by atoms with E-state index in [1.165, 1.54) is 30.4 Å². The highest BCUT2D eigenvalue weighted by Crippen LogP contribution is 2.31. The van der Waals surface area contributed by atoms with Gasteiger partial charge < -0.3 is 10.8 Å². The standard InChI is InChI=1S/C15H23NO/c1-11(2)15(17,10-16)14-8-7-12-5-3-4-6-13(12)9-14/h7-9,11,17H,3-6,10,16H2,1-2H3. The lowest BCUT2D eigenvalue weighted by Gasteiger charge is -2.32. The van der Waals surface area contributed by atoms with Crippen molar-refractivity contribution in [3.05, 3.63) is 34.9 Å². The highest BCUT2D eigenvalue weighted by Gasteiger charge is 2.32. The molecule has 1 aliphatic carbocycles. The number of aryl methyl sites for hydroxylation is 2. The average Bonchev–Trinajstić information content (AvgIpc) is 2.37. The van der Waals surface area contributed by atoms with E-state index in [4.69, 9.17) is 5.73 Å². The second-order valence-electron chi connectivity index (χ2n) is 5.47. The Kier molecular flexibility index (Phi) is 3.55. The first-order chi connectivity index (χ1) is 8.08. The molecule has 0 bridgehead atoms. The summed E-state index contributed by atoms with van der Waals surface area (Å²) in [7, 11) is 0. The van der Waals surface area contributed by atoms with E-state index in [9.17, 15) is 5.11 Å². The minimum atomic E-state index is -0.882. The van der Waals surface area contributed by atoms with Crippen LogP contribution in [0.1, 0.15) is 43.4 Å². The van der Waals surface area contributed by atoms with Gasteiger partial charge in [0.15, 0.2) is 0 Å². The fraction of sp³-hybridized carbons (Fsp3) is 0.600. The van der Waals surface area contributed by atoms with Crippen molar-refractivity contribution >= 4 is 0 Å². The maximum atomic E-state index is 10.6. The van der Waals surface area contributed by atoms with Crippen LogP contribution in [-0.2, 0) is 18.4 Å². The predicted molar refractivity (Wildman–Crippen MR) is 70.9 cm³/mol. The molecule has 0 spiro atoms. The molecule has 1 atom stereocenters. The Morgan fingerprint density at radius 1 is 1.24 bits per heavy atom. The maximum absolute atomic E-state index is 10.6. The molecule has 3 N–H and O–H groups in total. The number of hydrogen-bond acceptors (Lipinski definition) is 2. The summed E-state index contributed by atoms with van der Waals surface area (Å²) in [5.74, 6) is 0.133. The molecule has 1 aliphatic rings. The number of fused-ring (bicyclic) bond motifs is 1. The Labute approximate surface area is 104 Å². The first kappa shape index (κ1) is 12.6. The Hall–Kier alpha value is -0.860. The summed E-state index contributed by atoms with van der Waals surface area (Å²) in [5, 5.41) is 10.6. The van der Waals surface area contributed by atoms with Crippen LogP contribution in [0.3, 0.4) is 0 Å². The van der Waals surface area contributed by atoms with Crippen LogP contribution < -0.4 is 5.73 Å². The quantitative estimate of drug-likeness (QED) is 0.842. The number of nitrogens with two attached hydrogens (primary N) is 1. The molecule has 0 aromatic heterocycles. The van der Waals surface area contributed by atoms with Crippen LogP contribution in [0.5, 0.6) is 0 Å². The lowest BCUT2D eigenvalue weighted by atomic mass is 9.80. The summed E-state index contributed by atoms with van der Waals surface area (Å²) in [6.45, 7) is 4.32. The van der Waals surface area contributed by atoms with Gasteiger partial charge in [0.2, 0.25) is 0 Å². The summed E-state index contributed by atoms with van der Waals surface area (Å²) in [5.41, 5.74) is 8.72. The van der Waals surface area contributed by atoms with Gasteiger partial charge in [0, 0.05) is 6.54 Å². The molecule has 2 rings (SSSR count). The normalized spacial score (nSPS) is 18.9. The molecule has 0 aliphatic heterocycles. The van der Waals surface area contributed by atoms with E-state index in [0.717, 1.165) is 12.0 Å². The van der Waals surface area contributed by atoms with Crippen LogP contribution in [0.25, 0.3) is 0 Å². The molecule has 0 radical (unpaired) electrons. The Balaban J connectivity index is 2.39. The van der Waals surface area contributed by atoms with Crippen molar-refractivity contribution in [1.82, 2.24) is 0 Å². The van der Waals surface area contributed by atoms with Crippen molar-refractivity contribution in [3.8, 4) is 0 Å². The third-order valence-electron chi connectivity index (χ3n) is 4.11. The molecule has 1 aromatic rings. The third kappa shape index (κ3) is 2.24. The van der Waals surface area contributed by atoms with Gasteiger partial charge >= 0.3 is 0 Å². The Bertz CT molecular complexity index is 400. The highest BCUT2D eigenvalue weighted by molar-refractivity contribution is 5.36. The number of aliphatic hydroxyl groups is 1. The van der Waals surface area contributed by atoms with E-state index in [2.05, 4.69) is 18.2 Å². The first-order valence-corrected chi connectivity index (χ1v) is 6.62. The highest BCUT2D eigenvalue weighted by atomic mass is 16.3. The number of hydrogen-bond donors (Lipinski definition) is 2. The third-order valence-corrected chi connectivity index (χ3v) is 4.11. The van der Waals surface area contributed by atoms with Gasteiger partial charge in [-0.05, 0) is 48.3 Å². The van der Waals surface area contributed by atoms with Crippen LogP contribution in [-0.4, -0.2) is 11.7 Å². The predicted octanol–water partition coefficient (Wildman–Crippen LogP) is 2.37. The molecule has 1 unspecified atom stereocenters. The molecule has 1 aromatic carbocycles. The molecule has 0 heterocycles. The van der Waals surface area contributed by atoms with Crippen molar-refractivity contribution in [2.45, 2.75) is 45.1 Å². The zero-order valence-corrected chi connectivity index (χ0v) is 10.9. The number of benzene rings is 1. The van der Waals surface area contributed by atoms with Gasteiger partial charge in [-0.25, -0.2) is 0 Å². The van der Waals surface area contributed by atoms with Gasteiger partial charge in [0.1, 0.15) is 5.60 Å². The molecule has 2 nitrogen and oxygen atoms in total. The summed E-state index contributed by atoms with van der Waals surface area (Å²) in [6, 6.07) is 6.39. The summed E-state index contributed by atoms with van der Waals surface area (Å²) >= 11 is 0. The van der Waals surface area contributed by atoms with E-state index in [1.807, 2.05) is 13.8 Å². The molecule has 0 fully saturated rings. The Morgan fingerprint density at radius 3 is 2.47 bits per heavy atom. The molecule has 0 saturated carbocycles. The van der Waals surface area contributed by atoms with Gasteiger partial charge in [-0.1, -0.05) is 32.0 Å². The van der Waals surface area contributed by atoms with Crippen molar-refractivity contribution in [3.63, 3.8) is 0 Å². The fourth-order valence-corrected chi connectivity index (χ4v) is 2.69. The van der Waals surface area contributed by atoms with Gasteiger partial charge in [-0.2, -0.15) is 0 Å². The molecule has 17 heavy (non-hydrogen) atoms. The van der Waals surface area contributed by atoms with Crippen LogP contribution >= 0.6 is 0 Å². The SMILES string of the molecule is CC(C)C(O)(CN)c1ccc2c(c1)CCCC2. The number of rotatable bonds is 3. The molecule has 0 amide bonds. The smallest absolute Gasteiger partial charge is 0.104 e. The van der Waals surface area contributed by atoms with E-state index in [-0.39, 0.29) is 12.5 Å². The van der Waals surface area contributed by atoms with Gasteiger partial charge in [0.05, 0.1) is 0 Å². The van der Waals surface area contributed by atoms with Crippen molar-refractivity contribution < 1.29 is 5.11 Å². The molecular weight excluding hydrogens is 210 g/mol. The summed E-state index contributed by atoms with van der Waals surface area (Å²) < 4.78 is 0. The second kappa shape index (κ2) is 4.79. The van der Waals surface area contributed by atoms with Crippen LogP contribution in [0, 0.1) is 5.92 Å². The van der Waals surface area contributed by atoms with Gasteiger partial charge in [-0.3, -0.25) is 0 Å². The lowest BCUT2D eigenvalue weighted by molar-refractivity contribution is -0.00123. The topological polar surface area (TPSA) is 46.2 Å². The van der Waals surface area contributed by atoms with E-state index in [1.54, 1.807) is 0 Å². The van der Waals surface area contributed by atoms with E-state index >= 15 is 0 Å². The average molecular weight is 233 g/mol.